The molecule has 0 aliphatic heterocycles. The van der Waals surface area contributed by atoms with Crippen LogP contribution in [0.3, 0.4) is 0 Å². The highest BCUT2D eigenvalue weighted by Crippen LogP contribution is 2.23. The van der Waals surface area contributed by atoms with Gasteiger partial charge in [-0.1, -0.05) is 49.0 Å². The number of carbonyl (C=O) groups excluding carboxylic acids is 2. The van der Waals surface area contributed by atoms with E-state index in [0.29, 0.717) is 33.5 Å². The van der Waals surface area contributed by atoms with Gasteiger partial charge in [0.1, 0.15) is 11.6 Å². The lowest BCUT2D eigenvalue weighted by Gasteiger charge is -2.07. The van der Waals surface area contributed by atoms with E-state index in [9.17, 15) is 14.9 Å². The summed E-state index contributed by atoms with van der Waals surface area (Å²) in [5, 5.41) is 12.7. The molecule has 0 aromatic heterocycles. The van der Waals surface area contributed by atoms with Gasteiger partial charge < -0.3 is 10.1 Å². The van der Waals surface area contributed by atoms with Crippen LogP contribution in [-0.4, -0.2) is 18.5 Å². The molecule has 0 saturated carbocycles. The lowest BCUT2D eigenvalue weighted by atomic mass is 10.1. The maximum Gasteiger partial charge on any atom is 0.338 e. The second-order valence-electron chi connectivity index (χ2n) is 6.21. The Bertz CT molecular complexity index is 948. The standard InChI is InChI=1S/C22H20Cl2N2O3/c1-2-3-4-11-29-22(28)15-6-9-19(10-7-15)26-21(27)17(14-25)12-16-5-8-18(23)13-20(16)24/h5-10,12-13H,2-4,11H2,1H3,(H,26,27)/b17-12+. The van der Waals surface area contributed by atoms with E-state index in [1.54, 1.807) is 36.4 Å². The SMILES string of the molecule is CCCCCOC(=O)c1ccc(NC(=O)/C(C#N)=C/c2ccc(Cl)cc2Cl)cc1. The van der Waals surface area contributed by atoms with Crippen LogP contribution in [0, 0.1) is 11.3 Å². The second kappa shape index (κ2) is 11.3. The van der Waals surface area contributed by atoms with Gasteiger partial charge in [0.2, 0.25) is 0 Å². The molecule has 0 saturated heterocycles. The molecular weight excluding hydrogens is 411 g/mol. The Morgan fingerprint density at radius 1 is 1.14 bits per heavy atom. The lowest BCUT2D eigenvalue weighted by Crippen LogP contribution is -2.13. The molecule has 0 heterocycles. The van der Waals surface area contributed by atoms with Crippen LogP contribution in [0.1, 0.15) is 42.1 Å². The number of nitrogens with one attached hydrogen (secondary N) is 1. The van der Waals surface area contributed by atoms with E-state index in [0.717, 1.165) is 19.3 Å². The molecule has 0 fully saturated rings. The minimum absolute atomic E-state index is 0.117. The predicted molar refractivity (Wildman–Crippen MR) is 115 cm³/mol. The molecule has 2 rings (SSSR count). The number of carbonyl (C=O) groups is 2. The Labute approximate surface area is 179 Å². The first-order valence-electron chi connectivity index (χ1n) is 9.10. The van der Waals surface area contributed by atoms with Crippen molar-refractivity contribution in [2.24, 2.45) is 0 Å². The number of rotatable bonds is 8. The van der Waals surface area contributed by atoms with Crippen molar-refractivity contribution in [3.05, 3.63) is 69.2 Å². The van der Waals surface area contributed by atoms with Crippen molar-refractivity contribution in [2.75, 3.05) is 11.9 Å². The molecule has 7 heteroatoms. The number of amides is 1. The first-order chi connectivity index (χ1) is 13.9. The minimum Gasteiger partial charge on any atom is -0.462 e. The van der Waals surface area contributed by atoms with Gasteiger partial charge in [0.25, 0.3) is 5.91 Å². The molecule has 2 aromatic carbocycles. The molecular formula is C22H20Cl2N2O3. The maximum atomic E-state index is 12.4. The van der Waals surface area contributed by atoms with Gasteiger partial charge in [0.05, 0.1) is 12.2 Å². The molecule has 2 aromatic rings. The third-order valence-corrected chi connectivity index (χ3v) is 4.55. The Kier molecular flexibility index (Phi) is 8.72. The summed E-state index contributed by atoms with van der Waals surface area (Å²) in [5.74, 6) is -0.998. The molecule has 5 nitrogen and oxygen atoms in total. The van der Waals surface area contributed by atoms with Gasteiger partial charge in [-0.05, 0) is 54.5 Å². The molecule has 0 atom stereocenters. The van der Waals surface area contributed by atoms with E-state index >= 15 is 0 Å². The van der Waals surface area contributed by atoms with E-state index < -0.39 is 11.9 Å². The third kappa shape index (κ3) is 6.94. The smallest absolute Gasteiger partial charge is 0.338 e. The number of unbranched alkanes of at least 4 members (excludes halogenated alkanes) is 2. The van der Waals surface area contributed by atoms with Gasteiger partial charge >= 0.3 is 5.97 Å². The Hall–Kier alpha value is -2.81. The largest absolute Gasteiger partial charge is 0.462 e. The van der Waals surface area contributed by atoms with Crippen LogP contribution in [0.2, 0.25) is 10.0 Å². The Balaban J connectivity index is 2.03. The van der Waals surface area contributed by atoms with Crippen LogP contribution < -0.4 is 5.32 Å². The average Bonchev–Trinajstić information content (AvgIpc) is 2.71. The fourth-order valence-corrected chi connectivity index (χ4v) is 2.87. The highest BCUT2D eigenvalue weighted by molar-refractivity contribution is 6.35. The fourth-order valence-electron chi connectivity index (χ4n) is 2.41. The van der Waals surface area contributed by atoms with E-state index in [4.69, 9.17) is 27.9 Å². The summed E-state index contributed by atoms with van der Waals surface area (Å²) in [6.07, 6.45) is 4.27. The zero-order valence-electron chi connectivity index (χ0n) is 15.9. The number of hydrogen-bond acceptors (Lipinski definition) is 4. The van der Waals surface area contributed by atoms with Crippen molar-refractivity contribution in [1.29, 1.82) is 5.26 Å². The van der Waals surface area contributed by atoms with Crippen molar-refractivity contribution in [3.8, 4) is 6.07 Å². The number of anilines is 1. The summed E-state index contributed by atoms with van der Waals surface area (Å²) < 4.78 is 5.19. The van der Waals surface area contributed by atoms with Crippen molar-refractivity contribution in [1.82, 2.24) is 0 Å². The number of hydrogen-bond donors (Lipinski definition) is 1. The van der Waals surface area contributed by atoms with Crippen molar-refractivity contribution in [2.45, 2.75) is 26.2 Å². The molecule has 0 unspecified atom stereocenters. The predicted octanol–water partition coefficient (Wildman–Crippen LogP) is 5.89. The first-order valence-corrected chi connectivity index (χ1v) is 9.85. The van der Waals surface area contributed by atoms with Crippen LogP contribution in [0.25, 0.3) is 6.08 Å². The topological polar surface area (TPSA) is 79.2 Å². The third-order valence-electron chi connectivity index (χ3n) is 3.99. The fraction of sp³-hybridized carbons (Fsp3) is 0.227. The van der Waals surface area contributed by atoms with Crippen LogP contribution in [0.15, 0.2) is 48.0 Å². The summed E-state index contributed by atoms with van der Waals surface area (Å²) in [4.78, 5) is 24.4. The summed E-state index contributed by atoms with van der Waals surface area (Å²) >= 11 is 11.9. The molecule has 0 radical (unpaired) electrons. The highest BCUT2D eigenvalue weighted by atomic mass is 35.5. The van der Waals surface area contributed by atoms with Crippen molar-refractivity contribution >= 4 is 46.8 Å². The number of nitrogens with zero attached hydrogens (tertiary/aromatic N) is 1. The number of esters is 1. The molecule has 29 heavy (non-hydrogen) atoms. The van der Waals surface area contributed by atoms with Gasteiger partial charge in [-0.25, -0.2) is 4.79 Å². The molecule has 1 amide bonds. The monoisotopic (exact) mass is 430 g/mol. The first kappa shape index (κ1) is 22.5. The van der Waals surface area contributed by atoms with E-state index in [2.05, 4.69) is 12.2 Å². The van der Waals surface area contributed by atoms with Gasteiger partial charge in [-0.15, -0.1) is 0 Å². The van der Waals surface area contributed by atoms with Crippen molar-refractivity contribution < 1.29 is 14.3 Å². The zero-order chi connectivity index (χ0) is 21.2. The molecule has 0 aliphatic rings. The molecule has 150 valence electrons. The average molecular weight is 431 g/mol. The van der Waals surface area contributed by atoms with Gasteiger partial charge in [0, 0.05) is 15.7 Å². The van der Waals surface area contributed by atoms with Crippen LogP contribution in [0.5, 0.6) is 0 Å². The van der Waals surface area contributed by atoms with Crippen LogP contribution in [0.4, 0.5) is 5.69 Å². The van der Waals surface area contributed by atoms with Gasteiger partial charge in [0.15, 0.2) is 0 Å². The highest BCUT2D eigenvalue weighted by Gasteiger charge is 2.12. The number of halogens is 2. The van der Waals surface area contributed by atoms with E-state index in [-0.39, 0.29) is 5.57 Å². The Morgan fingerprint density at radius 3 is 2.48 bits per heavy atom. The lowest BCUT2D eigenvalue weighted by molar-refractivity contribution is -0.112. The van der Waals surface area contributed by atoms with Crippen LogP contribution in [-0.2, 0) is 9.53 Å². The van der Waals surface area contributed by atoms with Crippen molar-refractivity contribution in [3.63, 3.8) is 0 Å². The molecule has 0 aliphatic carbocycles. The minimum atomic E-state index is -0.589. The molecule has 1 N–H and O–H groups in total. The van der Waals surface area contributed by atoms with Gasteiger partial charge in [-0.3, -0.25) is 4.79 Å². The number of benzene rings is 2. The molecule has 0 bridgehead atoms. The van der Waals surface area contributed by atoms with Gasteiger partial charge in [-0.2, -0.15) is 5.26 Å². The Morgan fingerprint density at radius 2 is 1.86 bits per heavy atom. The summed E-state index contributed by atoms with van der Waals surface area (Å²) in [5.41, 5.74) is 1.22. The molecule has 0 spiro atoms. The summed E-state index contributed by atoms with van der Waals surface area (Å²) in [6.45, 7) is 2.46. The maximum absolute atomic E-state index is 12.4. The normalized spacial score (nSPS) is 10.9. The summed E-state index contributed by atoms with van der Waals surface area (Å²) in [6, 6.07) is 12.9. The van der Waals surface area contributed by atoms with E-state index in [1.807, 2.05) is 6.07 Å². The number of nitriles is 1. The van der Waals surface area contributed by atoms with Crippen LogP contribution >= 0.6 is 23.2 Å². The zero-order valence-corrected chi connectivity index (χ0v) is 17.4. The van der Waals surface area contributed by atoms with E-state index in [1.165, 1.54) is 12.1 Å². The summed E-state index contributed by atoms with van der Waals surface area (Å²) in [7, 11) is 0. The quantitative estimate of drug-likeness (QED) is 0.245. The number of ether oxygens (including phenoxy) is 1. The second-order valence-corrected chi connectivity index (χ2v) is 7.05.